The lowest BCUT2D eigenvalue weighted by Gasteiger charge is -2.15. The molecule has 0 heterocycles. The average Bonchev–Trinajstić information content (AvgIpc) is 2.96. The van der Waals surface area contributed by atoms with Gasteiger partial charge >= 0.3 is 0 Å². The van der Waals surface area contributed by atoms with Gasteiger partial charge in [-0.25, -0.2) is 4.39 Å². The van der Waals surface area contributed by atoms with E-state index in [1.807, 2.05) is 18.2 Å². The van der Waals surface area contributed by atoms with E-state index < -0.39 is 0 Å². The van der Waals surface area contributed by atoms with Crippen molar-refractivity contribution in [2.24, 2.45) is 0 Å². The van der Waals surface area contributed by atoms with E-state index in [1.165, 1.54) is 21.9 Å². The Morgan fingerprint density at radius 2 is 0.730 bits per heavy atom. The molecule has 0 saturated heterocycles. The summed E-state index contributed by atoms with van der Waals surface area (Å²) in [6.45, 7) is 0. The SMILES string of the molecule is Fc1cc(-c2cccc3ccccc23)cc(-c2ccc(-c3cccc4ccccc34)c3ccccc23)c1. The second kappa shape index (κ2) is 8.72. The van der Waals surface area contributed by atoms with Crippen molar-refractivity contribution in [1.82, 2.24) is 0 Å². The molecule has 0 unspecified atom stereocenters. The second-order valence-electron chi connectivity index (χ2n) is 9.49. The van der Waals surface area contributed by atoms with Crippen LogP contribution in [0.4, 0.5) is 4.39 Å². The van der Waals surface area contributed by atoms with E-state index in [0.29, 0.717) is 0 Å². The molecule has 0 spiro atoms. The van der Waals surface area contributed by atoms with Crippen LogP contribution in [0.2, 0.25) is 0 Å². The maximum Gasteiger partial charge on any atom is 0.124 e. The van der Waals surface area contributed by atoms with Gasteiger partial charge in [-0.15, -0.1) is 0 Å². The molecule has 0 saturated carbocycles. The van der Waals surface area contributed by atoms with Crippen LogP contribution in [0.1, 0.15) is 0 Å². The minimum absolute atomic E-state index is 0.234. The highest BCUT2D eigenvalue weighted by Crippen LogP contribution is 2.40. The van der Waals surface area contributed by atoms with E-state index in [-0.39, 0.29) is 5.82 Å². The highest BCUT2D eigenvalue weighted by Gasteiger charge is 2.14. The zero-order valence-corrected chi connectivity index (χ0v) is 20.2. The van der Waals surface area contributed by atoms with E-state index in [1.54, 1.807) is 12.1 Å². The number of hydrogen-bond donors (Lipinski definition) is 0. The molecule has 7 aromatic rings. The fourth-order valence-electron chi connectivity index (χ4n) is 5.62. The summed E-state index contributed by atoms with van der Waals surface area (Å²) in [7, 11) is 0. The summed E-state index contributed by atoms with van der Waals surface area (Å²) in [6.07, 6.45) is 0. The summed E-state index contributed by atoms with van der Waals surface area (Å²) in [5, 5.41) is 6.99. The van der Waals surface area contributed by atoms with Crippen molar-refractivity contribution < 1.29 is 4.39 Å². The summed E-state index contributed by atoms with van der Waals surface area (Å²) in [6, 6.07) is 47.6. The van der Waals surface area contributed by atoms with Crippen LogP contribution in [0, 0.1) is 5.82 Å². The Balaban J connectivity index is 1.45. The lowest BCUT2D eigenvalue weighted by atomic mass is 9.89. The van der Waals surface area contributed by atoms with Crippen LogP contribution in [0.15, 0.2) is 140 Å². The molecule has 0 fully saturated rings. The van der Waals surface area contributed by atoms with E-state index >= 15 is 4.39 Å². The lowest BCUT2D eigenvalue weighted by Crippen LogP contribution is -1.90. The van der Waals surface area contributed by atoms with Gasteiger partial charge in [0, 0.05) is 0 Å². The molecule has 0 nitrogen and oxygen atoms in total. The Morgan fingerprint density at radius 3 is 1.38 bits per heavy atom. The highest BCUT2D eigenvalue weighted by atomic mass is 19.1. The zero-order valence-electron chi connectivity index (χ0n) is 20.2. The molecule has 0 amide bonds. The van der Waals surface area contributed by atoms with Crippen LogP contribution in [-0.2, 0) is 0 Å². The largest absolute Gasteiger partial charge is 0.207 e. The molecule has 0 N–H and O–H groups in total. The molecule has 0 aromatic heterocycles. The highest BCUT2D eigenvalue weighted by molar-refractivity contribution is 6.10. The van der Waals surface area contributed by atoms with E-state index in [2.05, 4.69) is 109 Å². The van der Waals surface area contributed by atoms with Gasteiger partial charge in [-0.2, -0.15) is 0 Å². The standard InChI is InChI=1S/C36H23F/c37-28-22-26(31-17-7-11-24-9-1-3-13-29(24)31)21-27(23-28)32-19-20-36(35-16-6-5-15-33(32)35)34-18-8-12-25-10-2-4-14-30(25)34/h1-23H. The van der Waals surface area contributed by atoms with Gasteiger partial charge in [0.15, 0.2) is 0 Å². The van der Waals surface area contributed by atoms with Crippen molar-refractivity contribution in [2.75, 3.05) is 0 Å². The third-order valence-corrected chi connectivity index (χ3v) is 7.31. The molecule has 0 aliphatic carbocycles. The fourth-order valence-corrected chi connectivity index (χ4v) is 5.62. The molecule has 1 heteroatoms. The van der Waals surface area contributed by atoms with E-state index in [9.17, 15) is 0 Å². The normalized spacial score (nSPS) is 11.4. The minimum atomic E-state index is -0.234. The quantitative estimate of drug-likeness (QED) is 0.239. The third kappa shape index (κ3) is 3.68. The van der Waals surface area contributed by atoms with Crippen LogP contribution in [0.3, 0.4) is 0 Å². The molecule has 0 radical (unpaired) electrons. The molecular formula is C36H23F. The zero-order chi connectivity index (χ0) is 24.8. The molecule has 37 heavy (non-hydrogen) atoms. The minimum Gasteiger partial charge on any atom is -0.207 e. The molecule has 0 atom stereocenters. The topological polar surface area (TPSA) is 0 Å². The summed E-state index contributed by atoms with van der Waals surface area (Å²) >= 11 is 0. The molecule has 0 bridgehead atoms. The average molecular weight is 475 g/mol. The first-order valence-electron chi connectivity index (χ1n) is 12.6. The van der Waals surface area contributed by atoms with Gasteiger partial charge in [0.05, 0.1) is 0 Å². The van der Waals surface area contributed by atoms with Gasteiger partial charge in [0.1, 0.15) is 5.82 Å². The first-order valence-corrected chi connectivity index (χ1v) is 12.6. The van der Waals surface area contributed by atoms with Crippen molar-refractivity contribution in [3.63, 3.8) is 0 Å². The van der Waals surface area contributed by atoms with E-state index in [0.717, 1.165) is 43.8 Å². The second-order valence-corrected chi connectivity index (χ2v) is 9.49. The number of hydrogen-bond acceptors (Lipinski definition) is 0. The molecule has 7 rings (SSSR count). The van der Waals surface area contributed by atoms with Crippen LogP contribution in [0.5, 0.6) is 0 Å². The number of fused-ring (bicyclic) bond motifs is 3. The fraction of sp³-hybridized carbons (Fsp3) is 0. The van der Waals surface area contributed by atoms with Crippen molar-refractivity contribution in [3.05, 3.63) is 145 Å². The van der Waals surface area contributed by atoms with Crippen LogP contribution in [0.25, 0.3) is 65.7 Å². The van der Waals surface area contributed by atoms with Crippen molar-refractivity contribution in [1.29, 1.82) is 0 Å². The van der Waals surface area contributed by atoms with Gasteiger partial charge in [-0.3, -0.25) is 0 Å². The monoisotopic (exact) mass is 474 g/mol. The molecule has 7 aromatic carbocycles. The first-order chi connectivity index (χ1) is 18.3. The van der Waals surface area contributed by atoms with Crippen molar-refractivity contribution >= 4 is 32.3 Å². The number of benzene rings is 7. The van der Waals surface area contributed by atoms with Crippen molar-refractivity contribution in [3.8, 4) is 33.4 Å². The number of rotatable bonds is 3. The van der Waals surface area contributed by atoms with Crippen molar-refractivity contribution in [2.45, 2.75) is 0 Å². The molecule has 174 valence electrons. The van der Waals surface area contributed by atoms with Gasteiger partial charge in [-0.05, 0) is 83.9 Å². The summed E-state index contributed by atoms with van der Waals surface area (Å²) < 4.78 is 15.1. The Morgan fingerprint density at radius 1 is 0.324 bits per heavy atom. The first kappa shape index (κ1) is 21.5. The Bertz CT molecular complexity index is 1940. The maximum absolute atomic E-state index is 15.1. The van der Waals surface area contributed by atoms with Gasteiger partial charge < -0.3 is 0 Å². The van der Waals surface area contributed by atoms with Crippen LogP contribution in [-0.4, -0.2) is 0 Å². The number of halogens is 1. The van der Waals surface area contributed by atoms with E-state index in [4.69, 9.17) is 0 Å². The smallest absolute Gasteiger partial charge is 0.124 e. The van der Waals surface area contributed by atoms with Crippen LogP contribution < -0.4 is 0 Å². The molecule has 0 aliphatic heterocycles. The lowest BCUT2D eigenvalue weighted by molar-refractivity contribution is 0.629. The predicted octanol–water partition coefficient (Wildman–Crippen LogP) is 10.3. The van der Waals surface area contributed by atoms with Gasteiger partial charge in [0.2, 0.25) is 0 Å². The molecule has 0 aliphatic rings. The third-order valence-electron chi connectivity index (χ3n) is 7.31. The maximum atomic E-state index is 15.1. The Hall–Kier alpha value is -4.75. The summed E-state index contributed by atoms with van der Waals surface area (Å²) in [5.41, 5.74) is 6.21. The Kier molecular flexibility index (Phi) is 5.08. The van der Waals surface area contributed by atoms with Gasteiger partial charge in [0.25, 0.3) is 0 Å². The summed E-state index contributed by atoms with van der Waals surface area (Å²) in [4.78, 5) is 0. The predicted molar refractivity (Wildman–Crippen MR) is 155 cm³/mol. The summed E-state index contributed by atoms with van der Waals surface area (Å²) in [5.74, 6) is -0.234. The van der Waals surface area contributed by atoms with Gasteiger partial charge in [-0.1, -0.05) is 121 Å². The molecular weight excluding hydrogens is 451 g/mol. The Labute approximate surface area is 215 Å². The van der Waals surface area contributed by atoms with Crippen LogP contribution >= 0.6 is 0 Å².